The van der Waals surface area contributed by atoms with Crippen molar-refractivity contribution in [2.75, 3.05) is 24.4 Å². The number of anilines is 1. The van der Waals surface area contributed by atoms with Crippen LogP contribution >= 0.6 is 11.8 Å². The predicted octanol–water partition coefficient (Wildman–Crippen LogP) is 5.99. The van der Waals surface area contributed by atoms with E-state index < -0.39 is 17.8 Å². The average molecular weight is 539 g/mol. The maximum atomic E-state index is 13.2. The molecule has 1 fully saturated rings. The lowest BCUT2D eigenvalue weighted by atomic mass is 10.1. The van der Waals surface area contributed by atoms with Gasteiger partial charge >= 0.3 is 6.03 Å². The third-order valence-corrected chi connectivity index (χ3v) is 7.25. The van der Waals surface area contributed by atoms with Crippen molar-refractivity contribution in [3.63, 3.8) is 0 Å². The molecule has 196 valence electrons. The molecule has 0 atom stereocenters. The van der Waals surface area contributed by atoms with E-state index in [1.807, 2.05) is 25.1 Å². The van der Waals surface area contributed by atoms with Gasteiger partial charge in [-0.15, -0.1) is 11.8 Å². The van der Waals surface area contributed by atoms with E-state index in [4.69, 9.17) is 9.47 Å². The summed E-state index contributed by atoms with van der Waals surface area (Å²) in [5.74, 6) is 0.308. The number of barbiturate groups is 1. The van der Waals surface area contributed by atoms with Crippen LogP contribution in [0.25, 0.3) is 16.8 Å². The SMILES string of the molecule is COc1cc(C=C2C(=O)NC(=O)N(c3cccc(C)c3)C2=O)ccc1OCCSc1cccc2ccccc12. The lowest BCUT2D eigenvalue weighted by Crippen LogP contribution is -2.54. The normalized spacial score (nSPS) is 14.6. The fraction of sp³-hybridized carbons (Fsp3) is 0.129. The number of amides is 4. The topological polar surface area (TPSA) is 84.9 Å². The predicted molar refractivity (Wildman–Crippen MR) is 153 cm³/mol. The number of nitrogens with one attached hydrogen (secondary N) is 1. The Morgan fingerprint density at radius 2 is 1.69 bits per heavy atom. The third kappa shape index (κ3) is 5.66. The van der Waals surface area contributed by atoms with Crippen molar-refractivity contribution in [1.82, 2.24) is 5.32 Å². The minimum Gasteiger partial charge on any atom is -0.493 e. The first-order chi connectivity index (χ1) is 18.9. The molecule has 0 unspecified atom stereocenters. The minimum atomic E-state index is -0.782. The number of urea groups is 1. The van der Waals surface area contributed by atoms with Gasteiger partial charge in [-0.1, -0.05) is 54.6 Å². The second-order valence-electron chi connectivity index (χ2n) is 8.88. The van der Waals surface area contributed by atoms with Gasteiger partial charge in [-0.05, 0) is 65.2 Å². The fourth-order valence-corrected chi connectivity index (χ4v) is 5.25. The smallest absolute Gasteiger partial charge is 0.335 e. The highest BCUT2D eigenvalue weighted by Gasteiger charge is 2.36. The molecule has 0 bridgehead atoms. The van der Waals surface area contributed by atoms with Crippen LogP contribution in [0.15, 0.2) is 95.4 Å². The van der Waals surface area contributed by atoms with E-state index in [9.17, 15) is 14.4 Å². The number of imide groups is 2. The summed E-state index contributed by atoms with van der Waals surface area (Å²) >= 11 is 1.72. The molecule has 0 radical (unpaired) electrons. The van der Waals surface area contributed by atoms with Crippen molar-refractivity contribution in [1.29, 1.82) is 0 Å². The molecule has 39 heavy (non-hydrogen) atoms. The number of benzene rings is 4. The van der Waals surface area contributed by atoms with Crippen molar-refractivity contribution in [3.8, 4) is 11.5 Å². The number of hydrogen-bond acceptors (Lipinski definition) is 6. The highest BCUT2D eigenvalue weighted by Crippen LogP contribution is 2.31. The van der Waals surface area contributed by atoms with Crippen molar-refractivity contribution >= 4 is 52.1 Å². The second-order valence-corrected chi connectivity index (χ2v) is 10.0. The van der Waals surface area contributed by atoms with Gasteiger partial charge in [-0.3, -0.25) is 14.9 Å². The van der Waals surface area contributed by atoms with Gasteiger partial charge in [-0.25, -0.2) is 9.69 Å². The molecule has 1 N–H and O–H groups in total. The van der Waals surface area contributed by atoms with Gasteiger partial charge in [0.25, 0.3) is 11.8 Å². The Bertz CT molecular complexity index is 1610. The third-order valence-electron chi connectivity index (χ3n) is 6.21. The number of nitrogens with zero attached hydrogens (tertiary/aromatic N) is 1. The van der Waals surface area contributed by atoms with Crippen LogP contribution in [-0.4, -0.2) is 37.3 Å². The molecule has 1 aliphatic rings. The summed E-state index contributed by atoms with van der Waals surface area (Å²) in [5, 5.41) is 4.66. The first kappa shape index (κ1) is 26.1. The molecule has 1 aliphatic heterocycles. The molecular formula is C31H26N2O5S. The average Bonchev–Trinajstić information content (AvgIpc) is 2.93. The van der Waals surface area contributed by atoms with Gasteiger partial charge < -0.3 is 9.47 Å². The molecule has 8 heteroatoms. The molecule has 4 aromatic carbocycles. The summed E-state index contributed by atoms with van der Waals surface area (Å²) in [7, 11) is 1.53. The Labute approximate surface area is 230 Å². The largest absolute Gasteiger partial charge is 0.493 e. The molecule has 5 rings (SSSR count). The number of rotatable bonds is 8. The van der Waals surface area contributed by atoms with E-state index in [2.05, 4.69) is 35.6 Å². The molecule has 0 aromatic heterocycles. The molecular weight excluding hydrogens is 512 g/mol. The first-order valence-corrected chi connectivity index (χ1v) is 13.3. The van der Waals surface area contributed by atoms with E-state index in [1.165, 1.54) is 28.9 Å². The van der Waals surface area contributed by atoms with Gasteiger partial charge in [0, 0.05) is 10.6 Å². The first-order valence-electron chi connectivity index (χ1n) is 12.3. The number of carbonyl (C=O) groups is 3. The number of carbonyl (C=O) groups excluding carboxylic acids is 3. The maximum Gasteiger partial charge on any atom is 0.335 e. The standard InChI is InChI=1S/C31H26N2O5S/c1-20-7-5-10-23(17-20)33-30(35)25(29(34)32-31(33)36)18-21-13-14-26(27(19-21)37-2)38-15-16-39-28-12-6-9-22-8-3-4-11-24(22)28/h3-14,17-19H,15-16H2,1-2H3,(H,32,34,36). The number of methoxy groups -OCH3 is 1. The second kappa shape index (κ2) is 11.4. The summed E-state index contributed by atoms with van der Waals surface area (Å²) in [5.41, 5.74) is 1.67. The highest BCUT2D eigenvalue weighted by molar-refractivity contribution is 7.99. The van der Waals surface area contributed by atoms with Crippen LogP contribution in [0.3, 0.4) is 0 Å². The summed E-state index contributed by atoms with van der Waals surface area (Å²) < 4.78 is 11.5. The van der Waals surface area contributed by atoms with Gasteiger partial charge in [0.1, 0.15) is 5.57 Å². The lowest BCUT2D eigenvalue weighted by Gasteiger charge is -2.26. The van der Waals surface area contributed by atoms with Crippen molar-refractivity contribution < 1.29 is 23.9 Å². The number of fused-ring (bicyclic) bond motifs is 1. The van der Waals surface area contributed by atoms with E-state index in [1.54, 1.807) is 48.2 Å². The molecule has 7 nitrogen and oxygen atoms in total. The minimum absolute atomic E-state index is 0.154. The summed E-state index contributed by atoms with van der Waals surface area (Å²) in [6, 6.07) is 25.9. The van der Waals surface area contributed by atoms with Gasteiger partial charge in [0.15, 0.2) is 11.5 Å². The van der Waals surface area contributed by atoms with E-state index in [-0.39, 0.29) is 5.57 Å². The van der Waals surface area contributed by atoms with Crippen molar-refractivity contribution in [2.45, 2.75) is 11.8 Å². The highest BCUT2D eigenvalue weighted by atomic mass is 32.2. The fourth-order valence-electron chi connectivity index (χ4n) is 4.34. The zero-order valence-corrected chi connectivity index (χ0v) is 22.3. The Kier molecular flexibility index (Phi) is 7.65. The van der Waals surface area contributed by atoms with Crippen LogP contribution in [-0.2, 0) is 9.59 Å². The molecule has 0 aliphatic carbocycles. The van der Waals surface area contributed by atoms with Crippen LogP contribution < -0.4 is 19.7 Å². The number of aryl methyl sites for hydroxylation is 1. The van der Waals surface area contributed by atoms with Crippen LogP contribution in [0.5, 0.6) is 11.5 Å². The molecule has 0 spiro atoms. The summed E-state index contributed by atoms with van der Waals surface area (Å²) in [6.07, 6.45) is 1.44. The Hall–Kier alpha value is -4.56. The summed E-state index contributed by atoms with van der Waals surface area (Å²) in [6.45, 7) is 2.31. The van der Waals surface area contributed by atoms with Crippen molar-refractivity contribution in [2.24, 2.45) is 0 Å². The summed E-state index contributed by atoms with van der Waals surface area (Å²) in [4.78, 5) is 40.3. The van der Waals surface area contributed by atoms with Gasteiger partial charge in [0.2, 0.25) is 0 Å². The lowest BCUT2D eigenvalue weighted by molar-refractivity contribution is -0.122. The molecule has 1 heterocycles. The molecule has 0 saturated carbocycles. The zero-order chi connectivity index (χ0) is 27.4. The van der Waals surface area contributed by atoms with Crippen molar-refractivity contribution in [3.05, 3.63) is 102 Å². The van der Waals surface area contributed by atoms with E-state index in [0.717, 1.165) is 16.2 Å². The maximum absolute atomic E-state index is 13.2. The number of thioether (sulfide) groups is 1. The van der Waals surface area contributed by atoms with Gasteiger partial charge in [-0.2, -0.15) is 0 Å². The van der Waals surface area contributed by atoms with E-state index in [0.29, 0.717) is 29.4 Å². The zero-order valence-electron chi connectivity index (χ0n) is 21.5. The quantitative estimate of drug-likeness (QED) is 0.128. The number of hydrogen-bond donors (Lipinski definition) is 1. The van der Waals surface area contributed by atoms with Crippen LogP contribution in [0.1, 0.15) is 11.1 Å². The van der Waals surface area contributed by atoms with Gasteiger partial charge in [0.05, 0.1) is 19.4 Å². The monoisotopic (exact) mass is 538 g/mol. The molecule has 4 amide bonds. The Morgan fingerprint density at radius 3 is 2.51 bits per heavy atom. The Balaban J connectivity index is 1.29. The molecule has 1 saturated heterocycles. The van der Waals surface area contributed by atoms with E-state index >= 15 is 0 Å². The van der Waals surface area contributed by atoms with Crippen LogP contribution in [0.4, 0.5) is 10.5 Å². The molecule has 4 aromatic rings. The number of ether oxygens (including phenoxy) is 2. The Morgan fingerprint density at radius 1 is 0.897 bits per heavy atom. The van der Waals surface area contributed by atoms with Crippen LogP contribution in [0, 0.1) is 6.92 Å². The van der Waals surface area contributed by atoms with Crippen LogP contribution in [0.2, 0.25) is 0 Å².